The second-order valence-corrected chi connectivity index (χ2v) is 4.88. The molecule has 2 aromatic rings. The molecule has 2 heterocycles. The molecule has 0 amide bonds. The van der Waals surface area contributed by atoms with Gasteiger partial charge in [-0.05, 0) is 31.5 Å². The van der Waals surface area contributed by atoms with E-state index in [1.54, 1.807) is 23.2 Å². The molecule has 0 spiro atoms. The van der Waals surface area contributed by atoms with Crippen molar-refractivity contribution < 1.29 is 17.9 Å². The third-order valence-corrected chi connectivity index (χ3v) is 3.41. The van der Waals surface area contributed by atoms with Crippen molar-refractivity contribution in [2.24, 2.45) is 0 Å². The molecule has 112 valence electrons. The Hall–Kier alpha value is -2.02. The Morgan fingerprint density at radius 3 is 2.90 bits per heavy atom. The largest absolute Gasteiger partial charge is 0.573 e. The summed E-state index contributed by atoms with van der Waals surface area (Å²) < 4.78 is 42.6. The van der Waals surface area contributed by atoms with E-state index in [9.17, 15) is 13.2 Å². The second kappa shape index (κ2) is 5.40. The van der Waals surface area contributed by atoms with Crippen LogP contribution >= 0.6 is 0 Å². The zero-order valence-electron chi connectivity index (χ0n) is 11.1. The van der Waals surface area contributed by atoms with Gasteiger partial charge in [-0.1, -0.05) is 6.07 Å². The molecular weight excluding hydrogens is 283 g/mol. The van der Waals surface area contributed by atoms with Crippen LogP contribution in [0.15, 0.2) is 36.8 Å². The molecular formula is C14H14F3N3O. The molecule has 4 nitrogen and oxygen atoms in total. The standard InChI is InChI=1S/C14H14F3N3O/c15-14(16,17)21-11-4-1-3-10(7-11)20-9-18-8-13(20)12-5-2-6-19-12/h1,3-4,7-9,12,19H,2,5-6H2. The predicted octanol–water partition coefficient (Wildman–Crippen LogP) is 3.20. The molecule has 1 atom stereocenters. The van der Waals surface area contributed by atoms with Gasteiger partial charge < -0.3 is 14.6 Å². The molecule has 0 saturated carbocycles. The fourth-order valence-electron chi connectivity index (χ4n) is 2.55. The number of nitrogens with one attached hydrogen (secondary N) is 1. The van der Waals surface area contributed by atoms with Gasteiger partial charge in [-0.3, -0.25) is 0 Å². The van der Waals surface area contributed by atoms with Gasteiger partial charge >= 0.3 is 6.36 Å². The van der Waals surface area contributed by atoms with Crippen molar-refractivity contribution in [2.45, 2.75) is 25.2 Å². The van der Waals surface area contributed by atoms with Crippen LogP contribution in [0.4, 0.5) is 13.2 Å². The SMILES string of the molecule is FC(F)(F)Oc1cccc(-n2cncc2C2CCCN2)c1. The Morgan fingerprint density at radius 1 is 1.33 bits per heavy atom. The molecule has 1 N–H and O–H groups in total. The smallest absolute Gasteiger partial charge is 0.406 e. The van der Waals surface area contributed by atoms with Gasteiger partial charge in [0, 0.05) is 12.1 Å². The summed E-state index contributed by atoms with van der Waals surface area (Å²) in [7, 11) is 0. The first kappa shape index (κ1) is 13.9. The third kappa shape index (κ3) is 3.18. The van der Waals surface area contributed by atoms with Gasteiger partial charge in [0.25, 0.3) is 0 Å². The number of hydrogen-bond donors (Lipinski definition) is 1. The molecule has 1 aliphatic heterocycles. The molecule has 1 unspecified atom stereocenters. The van der Waals surface area contributed by atoms with Crippen molar-refractivity contribution in [3.8, 4) is 11.4 Å². The van der Waals surface area contributed by atoms with Crippen molar-refractivity contribution in [1.82, 2.24) is 14.9 Å². The summed E-state index contributed by atoms with van der Waals surface area (Å²) in [5, 5.41) is 3.35. The first-order valence-electron chi connectivity index (χ1n) is 6.65. The molecule has 0 aliphatic carbocycles. The van der Waals surface area contributed by atoms with E-state index < -0.39 is 6.36 Å². The van der Waals surface area contributed by atoms with Crippen LogP contribution in [0.25, 0.3) is 5.69 Å². The van der Waals surface area contributed by atoms with Crippen molar-refractivity contribution in [3.05, 3.63) is 42.5 Å². The number of imidazole rings is 1. The first-order valence-corrected chi connectivity index (χ1v) is 6.65. The van der Waals surface area contributed by atoms with Gasteiger partial charge in [-0.2, -0.15) is 0 Å². The Kier molecular flexibility index (Phi) is 3.59. The lowest BCUT2D eigenvalue weighted by atomic mass is 10.1. The zero-order valence-corrected chi connectivity index (χ0v) is 11.1. The fourth-order valence-corrected chi connectivity index (χ4v) is 2.55. The molecule has 1 aromatic carbocycles. The van der Waals surface area contributed by atoms with E-state index in [1.165, 1.54) is 18.2 Å². The summed E-state index contributed by atoms with van der Waals surface area (Å²) in [5.41, 5.74) is 1.54. The summed E-state index contributed by atoms with van der Waals surface area (Å²) in [6, 6.07) is 6.07. The lowest BCUT2D eigenvalue weighted by Crippen LogP contribution is -2.18. The zero-order chi connectivity index (χ0) is 14.9. The van der Waals surface area contributed by atoms with Crippen LogP contribution in [-0.4, -0.2) is 22.5 Å². The summed E-state index contributed by atoms with van der Waals surface area (Å²) in [6.07, 6.45) is 0.712. The molecule has 1 fully saturated rings. The van der Waals surface area contributed by atoms with Crippen LogP contribution in [-0.2, 0) is 0 Å². The lowest BCUT2D eigenvalue weighted by Gasteiger charge is -2.15. The monoisotopic (exact) mass is 297 g/mol. The topological polar surface area (TPSA) is 39.1 Å². The average molecular weight is 297 g/mol. The van der Waals surface area contributed by atoms with Gasteiger partial charge in [0.1, 0.15) is 5.75 Å². The number of rotatable bonds is 3. The first-order chi connectivity index (χ1) is 10.0. The third-order valence-electron chi connectivity index (χ3n) is 3.41. The Balaban J connectivity index is 1.90. The van der Waals surface area contributed by atoms with Crippen molar-refractivity contribution in [3.63, 3.8) is 0 Å². The highest BCUT2D eigenvalue weighted by molar-refractivity contribution is 5.41. The van der Waals surface area contributed by atoms with E-state index in [2.05, 4.69) is 15.0 Å². The number of aromatic nitrogens is 2. The Morgan fingerprint density at radius 2 is 2.19 bits per heavy atom. The Labute approximate surface area is 119 Å². The van der Waals surface area contributed by atoms with Crippen molar-refractivity contribution in [2.75, 3.05) is 6.54 Å². The van der Waals surface area contributed by atoms with E-state index in [-0.39, 0.29) is 11.8 Å². The van der Waals surface area contributed by atoms with E-state index >= 15 is 0 Å². The normalized spacial score (nSPS) is 18.9. The van der Waals surface area contributed by atoms with Crippen LogP contribution in [0.1, 0.15) is 24.6 Å². The minimum absolute atomic E-state index is 0.180. The fraction of sp³-hybridized carbons (Fsp3) is 0.357. The summed E-state index contributed by atoms with van der Waals surface area (Å²) in [5.74, 6) is -0.237. The predicted molar refractivity (Wildman–Crippen MR) is 70.2 cm³/mol. The number of hydrogen-bond acceptors (Lipinski definition) is 3. The maximum absolute atomic E-state index is 12.3. The van der Waals surface area contributed by atoms with Crippen LogP contribution in [0.2, 0.25) is 0 Å². The van der Waals surface area contributed by atoms with E-state index in [0.717, 1.165) is 25.1 Å². The minimum Gasteiger partial charge on any atom is -0.406 e. The number of nitrogens with zero attached hydrogens (tertiary/aromatic N) is 2. The number of halogens is 3. The van der Waals surface area contributed by atoms with Gasteiger partial charge in [0.2, 0.25) is 0 Å². The maximum Gasteiger partial charge on any atom is 0.573 e. The summed E-state index contributed by atoms with van der Waals surface area (Å²) in [6.45, 7) is 0.938. The molecule has 1 aromatic heterocycles. The Bertz CT molecular complexity index is 618. The van der Waals surface area contributed by atoms with Gasteiger partial charge in [0.15, 0.2) is 0 Å². The number of ether oxygens (including phenoxy) is 1. The van der Waals surface area contributed by atoms with E-state index in [0.29, 0.717) is 5.69 Å². The second-order valence-electron chi connectivity index (χ2n) is 4.88. The van der Waals surface area contributed by atoms with Crippen LogP contribution < -0.4 is 10.1 Å². The summed E-state index contributed by atoms with van der Waals surface area (Å²) in [4.78, 5) is 4.11. The highest BCUT2D eigenvalue weighted by atomic mass is 19.4. The molecule has 21 heavy (non-hydrogen) atoms. The molecule has 3 rings (SSSR count). The minimum atomic E-state index is -4.69. The summed E-state index contributed by atoms with van der Waals surface area (Å²) >= 11 is 0. The van der Waals surface area contributed by atoms with Crippen molar-refractivity contribution >= 4 is 0 Å². The molecule has 1 aliphatic rings. The highest BCUT2D eigenvalue weighted by Gasteiger charge is 2.31. The maximum atomic E-state index is 12.3. The van der Waals surface area contributed by atoms with Gasteiger partial charge in [-0.25, -0.2) is 4.98 Å². The number of benzene rings is 1. The van der Waals surface area contributed by atoms with Gasteiger partial charge in [-0.15, -0.1) is 13.2 Å². The quantitative estimate of drug-likeness (QED) is 0.945. The van der Waals surface area contributed by atoms with Crippen LogP contribution in [0.5, 0.6) is 5.75 Å². The average Bonchev–Trinajstić information content (AvgIpc) is 3.08. The van der Waals surface area contributed by atoms with Crippen LogP contribution in [0.3, 0.4) is 0 Å². The highest BCUT2D eigenvalue weighted by Crippen LogP contribution is 2.28. The molecule has 1 saturated heterocycles. The number of alkyl halides is 3. The molecule has 0 radical (unpaired) electrons. The lowest BCUT2D eigenvalue weighted by molar-refractivity contribution is -0.274. The van der Waals surface area contributed by atoms with E-state index in [4.69, 9.17) is 0 Å². The van der Waals surface area contributed by atoms with Crippen molar-refractivity contribution in [1.29, 1.82) is 0 Å². The molecule has 0 bridgehead atoms. The van der Waals surface area contributed by atoms with E-state index in [1.807, 2.05) is 0 Å². The van der Waals surface area contributed by atoms with Crippen LogP contribution in [0, 0.1) is 0 Å². The molecule has 7 heteroatoms. The van der Waals surface area contributed by atoms with Gasteiger partial charge in [0.05, 0.1) is 23.9 Å².